The van der Waals surface area contributed by atoms with Crippen LogP contribution in [-0.4, -0.2) is 28.2 Å². The highest BCUT2D eigenvalue weighted by Crippen LogP contribution is 2.29. The minimum absolute atomic E-state index is 0.0609. The summed E-state index contributed by atoms with van der Waals surface area (Å²) in [5, 5.41) is 7.32. The molecule has 0 bridgehead atoms. The van der Waals surface area contributed by atoms with Crippen LogP contribution in [0.15, 0.2) is 33.7 Å². The third-order valence-corrected chi connectivity index (χ3v) is 3.16. The Kier molecular flexibility index (Phi) is 3.02. The summed E-state index contributed by atoms with van der Waals surface area (Å²) in [5.41, 5.74) is 1.18. The Morgan fingerprint density at radius 3 is 2.48 bits per heavy atom. The molecule has 0 saturated heterocycles. The second-order valence-corrected chi connectivity index (χ2v) is 4.45. The van der Waals surface area contributed by atoms with Crippen molar-refractivity contribution in [3.63, 3.8) is 0 Å². The van der Waals surface area contributed by atoms with Crippen LogP contribution >= 0.6 is 0 Å². The molecule has 7 nitrogen and oxygen atoms in total. The number of benzene rings is 1. The van der Waals surface area contributed by atoms with Gasteiger partial charge in [0.1, 0.15) is 5.75 Å². The summed E-state index contributed by atoms with van der Waals surface area (Å²) in [6.07, 6.45) is 0. The van der Waals surface area contributed by atoms with Gasteiger partial charge in [0, 0.05) is 12.5 Å². The minimum atomic E-state index is -0.506. The van der Waals surface area contributed by atoms with Crippen molar-refractivity contribution in [2.24, 2.45) is 0 Å². The topological polar surface area (TPSA) is 98.1 Å². The molecule has 21 heavy (non-hydrogen) atoms. The monoisotopic (exact) mass is 285 g/mol. The number of ketones is 1. The van der Waals surface area contributed by atoms with Gasteiger partial charge in [0.05, 0.1) is 12.8 Å². The quantitative estimate of drug-likeness (QED) is 0.737. The molecule has 1 N–H and O–H groups in total. The van der Waals surface area contributed by atoms with Crippen LogP contribution in [0.25, 0.3) is 22.2 Å². The Hall–Kier alpha value is -2.96. The van der Waals surface area contributed by atoms with E-state index in [0.29, 0.717) is 16.9 Å². The van der Waals surface area contributed by atoms with Crippen molar-refractivity contribution in [1.29, 1.82) is 0 Å². The number of nitrogens with one attached hydrogen (secondary N) is 1. The van der Waals surface area contributed by atoms with Crippen LogP contribution in [0.1, 0.15) is 17.4 Å². The molecule has 2 aromatic heterocycles. The standard InChI is InChI=1S/C14H11N3O4/c1-7(18)11-10(8-3-5-9(20-2)6-4-8)12-13(14(19)15-11)17-21-16-12/h3-6H,1-2H3,(H,15,19). The van der Waals surface area contributed by atoms with Crippen LogP contribution in [0.3, 0.4) is 0 Å². The highest BCUT2D eigenvalue weighted by Gasteiger charge is 2.20. The van der Waals surface area contributed by atoms with Crippen molar-refractivity contribution < 1.29 is 14.2 Å². The summed E-state index contributed by atoms with van der Waals surface area (Å²) in [5.74, 6) is 0.407. The van der Waals surface area contributed by atoms with Gasteiger partial charge in [0.2, 0.25) is 5.52 Å². The number of fused-ring (bicyclic) bond motifs is 1. The van der Waals surface area contributed by atoms with E-state index in [1.807, 2.05) is 0 Å². The number of aromatic nitrogens is 3. The van der Waals surface area contributed by atoms with E-state index in [4.69, 9.17) is 4.74 Å². The van der Waals surface area contributed by atoms with Crippen molar-refractivity contribution in [2.75, 3.05) is 7.11 Å². The van der Waals surface area contributed by atoms with E-state index in [-0.39, 0.29) is 22.5 Å². The molecule has 0 amide bonds. The molecule has 2 heterocycles. The second kappa shape index (κ2) is 4.86. The van der Waals surface area contributed by atoms with Gasteiger partial charge in [-0.3, -0.25) is 9.59 Å². The highest BCUT2D eigenvalue weighted by molar-refractivity contribution is 6.05. The van der Waals surface area contributed by atoms with Gasteiger partial charge in [0.25, 0.3) is 5.56 Å². The Morgan fingerprint density at radius 1 is 1.19 bits per heavy atom. The summed E-state index contributed by atoms with van der Waals surface area (Å²) in [6, 6.07) is 7.05. The molecule has 1 aromatic carbocycles. The molecule has 0 atom stereocenters. The number of carbonyl (C=O) groups excluding carboxylic acids is 1. The normalized spacial score (nSPS) is 10.8. The first-order valence-corrected chi connectivity index (χ1v) is 6.15. The van der Waals surface area contributed by atoms with E-state index in [0.717, 1.165) is 0 Å². The number of carbonyl (C=O) groups is 1. The lowest BCUT2D eigenvalue weighted by Crippen LogP contribution is -2.14. The van der Waals surface area contributed by atoms with E-state index >= 15 is 0 Å². The third kappa shape index (κ3) is 2.08. The molecule has 7 heteroatoms. The number of pyridine rings is 1. The Labute approximate surface area is 118 Å². The maximum absolute atomic E-state index is 11.9. The zero-order valence-electron chi connectivity index (χ0n) is 11.3. The van der Waals surface area contributed by atoms with Gasteiger partial charge in [-0.15, -0.1) is 0 Å². The molecule has 106 valence electrons. The van der Waals surface area contributed by atoms with Gasteiger partial charge in [-0.05, 0) is 28.0 Å². The Bertz CT molecular complexity index is 877. The molecule has 0 aliphatic rings. The number of H-pyrrole nitrogens is 1. The number of hydrogen-bond acceptors (Lipinski definition) is 6. The fourth-order valence-electron chi connectivity index (χ4n) is 2.16. The summed E-state index contributed by atoms with van der Waals surface area (Å²) >= 11 is 0. The fraction of sp³-hybridized carbons (Fsp3) is 0.143. The van der Waals surface area contributed by atoms with Crippen LogP contribution < -0.4 is 10.3 Å². The van der Waals surface area contributed by atoms with Crippen molar-refractivity contribution in [3.05, 3.63) is 40.3 Å². The lowest BCUT2D eigenvalue weighted by atomic mass is 10.0. The molecule has 0 fully saturated rings. The summed E-state index contributed by atoms with van der Waals surface area (Å²) < 4.78 is 9.73. The average molecular weight is 285 g/mol. The molecular formula is C14H11N3O4. The number of methoxy groups -OCH3 is 1. The van der Waals surface area contributed by atoms with E-state index in [1.54, 1.807) is 31.4 Å². The van der Waals surface area contributed by atoms with Crippen molar-refractivity contribution in [2.45, 2.75) is 6.92 Å². The predicted molar refractivity (Wildman–Crippen MR) is 74.4 cm³/mol. The molecular weight excluding hydrogens is 274 g/mol. The highest BCUT2D eigenvalue weighted by atomic mass is 16.6. The summed E-state index contributed by atoms with van der Waals surface area (Å²) in [7, 11) is 1.57. The van der Waals surface area contributed by atoms with E-state index < -0.39 is 5.56 Å². The number of ether oxygens (including phenoxy) is 1. The van der Waals surface area contributed by atoms with Crippen molar-refractivity contribution in [3.8, 4) is 16.9 Å². The van der Waals surface area contributed by atoms with E-state index in [2.05, 4.69) is 19.9 Å². The van der Waals surface area contributed by atoms with Gasteiger partial charge < -0.3 is 9.72 Å². The van der Waals surface area contributed by atoms with Gasteiger partial charge in [-0.25, -0.2) is 4.63 Å². The van der Waals surface area contributed by atoms with Crippen molar-refractivity contribution in [1.82, 2.24) is 15.3 Å². The van der Waals surface area contributed by atoms with E-state index in [9.17, 15) is 9.59 Å². The smallest absolute Gasteiger partial charge is 0.280 e. The Morgan fingerprint density at radius 2 is 1.86 bits per heavy atom. The molecule has 3 aromatic rings. The largest absolute Gasteiger partial charge is 0.497 e. The number of nitrogens with zero attached hydrogens (tertiary/aromatic N) is 2. The van der Waals surface area contributed by atoms with Crippen LogP contribution in [-0.2, 0) is 0 Å². The second-order valence-electron chi connectivity index (χ2n) is 4.45. The number of hydrogen-bond donors (Lipinski definition) is 1. The van der Waals surface area contributed by atoms with Gasteiger partial charge >= 0.3 is 0 Å². The number of aromatic amines is 1. The molecule has 0 aliphatic heterocycles. The van der Waals surface area contributed by atoms with Crippen LogP contribution in [0.2, 0.25) is 0 Å². The molecule has 0 aliphatic carbocycles. The zero-order valence-corrected chi connectivity index (χ0v) is 11.3. The average Bonchev–Trinajstić information content (AvgIpc) is 2.97. The number of Topliss-reactive ketones (excluding diaryl/α,β-unsaturated/α-hetero) is 1. The fourth-order valence-corrected chi connectivity index (χ4v) is 2.16. The Balaban J connectivity index is 2.35. The van der Waals surface area contributed by atoms with Crippen LogP contribution in [0.5, 0.6) is 5.75 Å². The zero-order chi connectivity index (χ0) is 15.0. The SMILES string of the molecule is COc1ccc(-c2c(C(C)=O)[nH]c(=O)c3nonc23)cc1. The first-order chi connectivity index (χ1) is 10.1. The summed E-state index contributed by atoms with van der Waals surface area (Å²) in [6.45, 7) is 1.37. The summed E-state index contributed by atoms with van der Waals surface area (Å²) in [4.78, 5) is 26.2. The van der Waals surface area contributed by atoms with Crippen molar-refractivity contribution >= 4 is 16.8 Å². The van der Waals surface area contributed by atoms with Crippen LogP contribution in [0.4, 0.5) is 0 Å². The maximum atomic E-state index is 11.9. The predicted octanol–water partition coefficient (Wildman–Crippen LogP) is 1.79. The molecule has 0 radical (unpaired) electrons. The maximum Gasteiger partial charge on any atom is 0.280 e. The molecule has 0 saturated carbocycles. The van der Waals surface area contributed by atoms with Gasteiger partial charge in [-0.1, -0.05) is 12.1 Å². The lowest BCUT2D eigenvalue weighted by molar-refractivity contribution is 0.101. The van der Waals surface area contributed by atoms with Gasteiger partial charge in [-0.2, -0.15) is 0 Å². The third-order valence-electron chi connectivity index (χ3n) is 3.16. The molecule has 0 spiro atoms. The first kappa shape index (κ1) is 13.0. The number of rotatable bonds is 3. The van der Waals surface area contributed by atoms with Gasteiger partial charge in [0.15, 0.2) is 11.3 Å². The lowest BCUT2D eigenvalue weighted by Gasteiger charge is -2.08. The van der Waals surface area contributed by atoms with E-state index in [1.165, 1.54) is 6.92 Å². The molecule has 0 unspecified atom stereocenters. The minimum Gasteiger partial charge on any atom is -0.497 e. The molecule has 3 rings (SSSR count). The van der Waals surface area contributed by atoms with Crippen LogP contribution in [0, 0.1) is 0 Å². The first-order valence-electron chi connectivity index (χ1n) is 6.15.